The Kier molecular flexibility index (Phi) is 3.77. The van der Waals surface area contributed by atoms with E-state index in [2.05, 4.69) is 10.2 Å². The number of halogens is 3. The van der Waals surface area contributed by atoms with Crippen LogP contribution >= 0.6 is 0 Å². The van der Waals surface area contributed by atoms with Gasteiger partial charge in [-0.2, -0.15) is 13.2 Å². The van der Waals surface area contributed by atoms with E-state index in [1.54, 1.807) is 12.1 Å². The molecule has 2 heterocycles. The maximum atomic E-state index is 12.9. The van der Waals surface area contributed by atoms with Gasteiger partial charge in [-0.05, 0) is 36.5 Å². The molecule has 1 aromatic heterocycles. The van der Waals surface area contributed by atoms with Gasteiger partial charge in [-0.3, -0.25) is 4.79 Å². The van der Waals surface area contributed by atoms with Gasteiger partial charge < -0.3 is 9.47 Å². The number of amides is 1. The monoisotopic (exact) mass is 350 g/mol. The summed E-state index contributed by atoms with van der Waals surface area (Å²) >= 11 is 0. The molecule has 0 N–H and O–H groups in total. The molecule has 0 unspecified atom stereocenters. The van der Waals surface area contributed by atoms with Crippen LogP contribution in [0.1, 0.15) is 52.8 Å². The quantitative estimate of drug-likeness (QED) is 0.836. The van der Waals surface area contributed by atoms with E-state index >= 15 is 0 Å². The van der Waals surface area contributed by atoms with E-state index in [0.717, 1.165) is 4.57 Å². The van der Waals surface area contributed by atoms with Crippen LogP contribution in [0.4, 0.5) is 13.2 Å². The van der Waals surface area contributed by atoms with Crippen LogP contribution in [0.5, 0.6) is 0 Å². The van der Waals surface area contributed by atoms with Crippen molar-refractivity contribution in [1.82, 2.24) is 19.7 Å². The molecular weight excluding hydrogens is 333 g/mol. The van der Waals surface area contributed by atoms with Gasteiger partial charge in [0, 0.05) is 18.7 Å². The molecule has 25 heavy (non-hydrogen) atoms. The third-order valence-electron chi connectivity index (χ3n) is 5.03. The molecule has 1 saturated carbocycles. The van der Waals surface area contributed by atoms with Crippen molar-refractivity contribution in [3.8, 4) is 0 Å². The number of benzene rings is 1. The average Bonchev–Trinajstić information content (AvgIpc) is 2.96. The summed E-state index contributed by atoms with van der Waals surface area (Å²) in [5.41, 5.74) is 1.79. The highest BCUT2D eigenvalue weighted by molar-refractivity contribution is 5.94. The molecular formula is C17H17F3N4O. The summed E-state index contributed by atoms with van der Waals surface area (Å²) in [6.07, 6.45) is -0.901. The van der Waals surface area contributed by atoms with Gasteiger partial charge in [0.25, 0.3) is 5.91 Å². The zero-order chi connectivity index (χ0) is 17.6. The smallest absolute Gasteiger partial charge is 0.329 e. The average molecular weight is 350 g/mol. The first-order chi connectivity index (χ1) is 11.9. The molecule has 2 aromatic rings. The van der Waals surface area contributed by atoms with E-state index in [-0.39, 0.29) is 31.4 Å². The lowest BCUT2D eigenvalue weighted by atomic mass is 9.80. The van der Waals surface area contributed by atoms with E-state index in [1.165, 1.54) is 29.7 Å². The van der Waals surface area contributed by atoms with E-state index in [0.29, 0.717) is 11.5 Å². The highest BCUT2D eigenvalue weighted by Gasteiger charge is 2.40. The van der Waals surface area contributed by atoms with Crippen LogP contribution in [0.15, 0.2) is 24.3 Å². The number of nitrogens with zero attached hydrogens (tertiary/aromatic N) is 4. The van der Waals surface area contributed by atoms with Crippen molar-refractivity contribution in [2.75, 3.05) is 6.54 Å². The number of rotatable bonds is 2. The van der Waals surface area contributed by atoms with Crippen molar-refractivity contribution in [3.63, 3.8) is 0 Å². The second-order valence-corrected chi connectivity index (χ2v) is 6.57. The van der Waals surface area contributed by atoms with E-state index in [1.807, 2.05) is 12.1 Å². The van der Waals surface area contributed by atoms with Crippen molar-refractivity contribution in [1.29, 1.82) is 0 Å². The Bertz CT molecular complexity index is 793. The SMILES string of the molecule is O=C(c1ccc(C2CCC2)cc1)N1CCn2c(nnc2C(F)(F)F)C1. The van der Waals surface area contributed by atoms with Crippen LogP contribution in [0.2, 0.25) is 0 Å². The number of hydrogen-bond donors (Lipinski definition) is 0. The number of hydrogen-bond acceptors (Lipinski definition) is 3. The number of aromatic nitrogens is 3. The van der Waals surface area contributed by atoms with Crippen LogP contribution in [-0.4, -0.2) is 32.1 Å². The van der Waals surface area contributed by atoms with E-state index in [4.69, 9.17) is 0 Å². The standard InChI is InChI=1S/C17H17F3N4O/c18-17(19,20)16-22-21-14-10-23(8-9-24(14)16)15(25)13-6-4-12(5-7-13)11-2-1-3-11/h4-7,11H,1-3,8-10H2. The first kappa shape index (κ1) is 16.1. The second-order valence-electron chi connectivity index (χ2n) is 6.57. The third-order valence-corrected chi connectivity index (χ3v) is 5.03. The molecule has 132 valence electrons. The van der Waals surface area contributed by atoms with Crippen LogP contribution < -0.4 is 0 Å². The molecule has 2 aliphatic rings. The fraction of sp³-hybridized carbons (Fsp3) is 0.471. The molecule has 4 rings (SSSR count). The summed E-state index contributed by atoms with van der Waals surface area (Å²) < 4.78 is 39.6. The van der Waals surface area contributed by atoms with Crippen LogP contribution in [-0.2, 0) is 19.3 Å². The van der Waals surface area contributed by atoms with Gasteiger partial charge in [-0.25, -0.2) is 0 Å². The lowest BCUT2D eigenvalue weighted by molar-refractivity contribution is -0.147. The van der Waals surface area contributed by atoms with Gasteiger partial charge in [0.2, 0.25) is 5.82 Å². The summed E-state index contributed by atoms with van der Waals surface area (Å²) in [7, 11) is 0. The summed E-state index contributed by atoms with van der Waals surface area (Å²) in [5.74, 6) is -0.432. The summed E-state index contributed by atoms with van der Waals surface area (Å²) in [6, 6.07) is 7.56. The topological polar surface area (TPSA) is 51.0 Å². The normalized spacial score (nSPS) is 18.0. The van der Waals surface area contributed by atoms with Gasteiger partial charge in [-0.15, -0.1) is 10.2 Å². The number of alkyl halides is 3. The highest BCUT2D eigenvalue weighted by atomic mass is 19.4. The fourth-order valence-corrected chi connectivity index (χ4v) is 3.36. The van der Waals surface area contributed by atoms with Gasteiger partial charge >= 0.3 is 6.18 Å². The Morgan fingerprint density at radius 2 is 1.80 bits per heavy atom. The highest BCUT2D eigenvalue weighted by Crippen LogP contribution is 2.36. The molecule has 0 spiro atoms. The maximum absolute atomic E-state index is 12.9. The molecule has 8 heteroatoms. The van der Waals surface area contributed by atoms with E-state index in [9.17, 15) is 18.0 Å². The fourth-order valence-electron chi connectivity index (χ4n) is 3.36. The van der Waals surface area contributed by atoms with Crippen molar-refractivity contribution >= 4 is 5.91 Å². The van der Waals surface area contributed by atoms with Gasteiger partial charge in [0.1, 0.15) is 0 Å². The molecule has 1 aromatic carbocycles. The molecule has 1 amide bonds. The minimum Gasteiger partial charge on any atom is -0.329 e. The number of carbonyl (C=O) groups is 1. The van der Waals surface area contributed by atoms with Crippen LogP contribution in [0.25, 0.3) is 0 Å². The molecule has 0 saturated heterocycles. The minimum absolute atomic E-state index is 0.0340. The maximum Gasteiger partial charge on any atom is 0.451 e. The van der Waals surface area contributed by atoms with E-state index < -0.39 is 12.0 Å². The number of carbonyl (C=O) groups excluding carboxylic acids is 1. The zero-order valence-corrected chi connectivity index (χ0v) is 13.5. The molecule has 1 aliphatic heterocycles. The van der Waals surface area contributed by atoms with Gasteiger partial charge in [0.05, 0.1) is 6.54 Å². The molecule has 1 fully saturated rings. The van der Waals surface area contributed by atoms with Gasteiger partial charge in [0.15, 0.2) is 5.82 Å². The predicted octanol–water partition coefficient (Wildman–Crippen LogP) is 3.22. The van der Waals surface area contributed by atoms with Crippen molar-refractivity contribution < 1.29 is 18.0 Å². The lowest BCUT2D eigenvalue weighted by Crippen LogP contribution is -2.39. The Balaban J connectivity index is 1.49. The largest absolute Gasteiger partial charge is 0.451 e. The predicted molar refractivity (Wildman–Crippen MR) is 82.8 cm³/mol. The first-order valence-corrected chi connectivity index (χ1v) is 8.32. The molecule has 1 aliphatic carbocycles. The molecule has 0 atom stereocenters. The molecule has 0 bridgehead atoms. The molecule has 5 nitrogen and oxygen atoms in total. The Morgan fingerprint density at radius 1 is 1.08 bits per heavy atom. The lowest BCUT2D eigenvalue weighted by Gasteiger charge is -2.28. The summed E-state index contributed by atoms with van der Waals surface area (Å²) in [4.78, 5) is 14.1. The van der Waals surface area contributed by atoms with Crippen LogP contribution in [0, 0.1) is 0 Å². The Hall–Kier alpha value is -2.38. The van der Waals surface area contributed by atoms with Crippen LogP contribution in [0.3, 0.4) is 0 Å². The second kappa shape index (κ2) is 5.86. The van der Waals surface area contributed by atoms with Crippen molar-refractivity contribution in [3.05, 3.63) is 47.0 Å². The summed E-state index contributed by atoms with van der Waals surface area (Å²) in [6.45, 7) is 0.284. The summed E-state index contributed by atoms with van der Waals surface area (Å²) in [5, 5.41) is 6.84. The molecule has 0 radical (unpaired) electrons. The Morgan fingerprint density at radius 3 is 2.40 bits per heavy atom. The third kappa shape index (κ3) is 2.89. The Labute approximate surface area is 142 Å². The first-order valence-electron chi connectivity index (χ1n) is 8.32. The minimum atomic E-state index is -4.53. The van der Waals surface area contributed by atoms with Crippen molar-refractivity contribution in [2.24, 2.45) is 0 Å². The zero-order valence-electron chi connectivity index (χ0n) is 13.5. The number of fused-ring (bicyclic) bond motifs is 1. The van der Waals surface area contributed by atoms with Gasteiger partial charge in [-0.1, -0.05) is 18.6 Å². The van der Waals surface area contributed by atoms with Crippen molar-refractivity contribution in [2.45, 2.75) is 44.4 Å².